The minimum absolute atomic E-state index is 0.408. The Morgan fingerprint density at radius 3 is 2.95 bits per heavy atom. The Morgan fingerprint density at radius 2 is 2.15 bits per heavy atom. The lowest BCUT2D eigenvalue weighted by Crippen LogP contribution is -2.11. The maximum atomic E-state index is 6.07. The number of hydrogen-bond donors (Lipinski definition) is 2. The number of methoxy groups -OCH3 is 1. The van der Waals surface area contributed by atoms with Gasteiger partial charge in [0.25, 0.3) is 0 Å². The predicted molar refractivity (Wildman–Crippen MR) is 79.9 cm³/mol. The third kappa shape index (κ3) is 4.19. The first kappa shape index (κ1) is 14.8. The molecule has 1 aromatic heterocycles. The summed E-state index contributed by atoms with van der Waals surface area (Å²) in [4.78, 5) is 4.26. The van der Waals surface area contributed by atoms with Gasteiger partial charge in [0.2, 0.25) is 5.95 Å². The highest BCUT2D eigenvalue weighted by Gasteiger charge is 2.05. The lowest BCUT2D eigenvalue weighted by Gasteiger charge is -2.09. The van der Waals surface area contributed by atoms with Crippen molar-refractivity contribution in [2.24, 2.45) is 0 Å². The van der Waals surface area contributed by atoms with Crippen LogP contribution in [0.3, 0.4) is 0 Å². The fraction of sp³-hybridized carbons (Fsp3) is 0.250. The lowest BCUT2D eigenvalue weighted by atomic mass is 10.3. The zero-order valence-electron chi connectivity index (χ0n) is 10.7. The second-order valence-electron chi connectivity index (χ2n) is 3.83. The average molecular weight is 314 g/mol. The maximum absolute atomic E-state index is 6.07. The van der Waals surface area contributed by atoms with E-state index in [4.69, 9.17) is 27.9 Å². The van der Waals surface area contributed by atoms with E-state index in [0.29, 0.717) is 40.7 Å². The Bertz CT molecular complexity index is 582. The fourth-order valence-electron chi connectivity index (χ4n) is 1.43. The average Bonchev–Trinajstić information content (AvgIpc) is 2.44. The molecule has 2 rings (SSSR count). The standard InChI is InChI=1S/C12H13Cl2N5O/c1-20-5-4-15-12-18-11(7-16-19-12)17-10-6-8(13)2-3-9(10)14/h2-3,6-7H,4-5H2,1H3,(H2,15,17,18,19). The van der Waals surface area contributed by atoms with Gasteiger partial charge in [0.15, 0.2) is 5.82 Å². The highest BCUT2D eigenvalue weighted by Crippen LogP contribution is 2.27. The van der Waals surface area contributed by atoms with Gasteiger partial charge in [-0.1, -0.05) is 23.2 Å². The first-order chi connectivity index (χ1) is 9.69. The second-order valence-corrected chi connectivity index (χ2v) is 4.68. The number of aromatic nitrogens is 3. The molecule has 0 aliphatic rings. The number of rotatable bonds is 6. The van der Waals surface area contributed by atoms with Gasteiger partial charge in [-0.3, -0.25) is 0 Å². The summed E-state index contributed by atoms with van der Waals surface area (Å²) < 4.78 is 4.93. The molecule has 8 heteroatoms. The van der Waals surface area contributed by atoms with Crippen molar-refractivity contribution in [2.75, 3.05) is 30.9 Å². The summed E-state index contributed by atoms with van der Waals surface area (Å²) in [5.74, 6) is 0.925. The lowest BCUT2D eigenvalue weighted by molar-refractivity contribution is 0.210. The maximum Gasteiger partial charge on any atom is 0.244 e. The van der Waals surface area contributed by atoms with Crippen molar-refractivity contribution < 1.29 is 4.74 Å². The Labute approximate surface area is 126 Å². The Balaban J connectivity index is 2.09. The van der Waals surface area contributed by atoms with Gasteiger partial charge in [0.05, 0.1) is 23.5 Å². The van der Waals surface area contributed by atoms with Crippen LogP contribution in [0.2, 0.25) is 10.0 Å². The fourth-order valence-corrected chi connectivity index (χ4v) is 1.77. The molecule has 1 heterocycles. The largest absolute Gasteiger partial charge is 0.383 e. The molecule has 2 N–H and O–H groups in total. The van der Waals surface area contributed by atoms with Crippen molar-refractivity contribution in [3.8, 4) is 0 Å². The molecule has 0 amide bonds. The van der Waals surface area contributed by atoms with Crippen LogP contribution in [0.1, 0.15) is 0 Å². The van der Waals surface area contributed by atoms with E-state index in [1.807, 2.05) is 0 Å². The van der Waals surface area contributed by atoms with Gasteiger partial charge in [0.1, 0.15) is 0 Å². The molecule has 0 fully saturated rings. The SMILES string of the molecule is COCCNc1nncc(Nc2cc(Cl)ccc2Cl)n1. The van der Waals surface area contributed by atoms with Gasteiger partial charge in [-0.2, -0.15) is 10.1 Å². The molecule has 0 atom stereocenters. The molecule has 6 nitrogen and oxygen atoms in total. The van der Waals surface area contributed by atoms with Crippen LogP contribution in [-0.4, -0.2) is 35.4 Å². The molecule has 0 spiro atoms. The van der Waals surface area contributed by atoms with E-state index in [-0.39, 0.29) is 0 Å². The van der Waals surface area contributed by atoms with Crippen LogP contribution < -0.4 is 10.6 Å². The van der Waals surface area contributed by atoms with Crippen LogP contribution in [-0.2, 0) is 4.74 Å². The van der Waals surface area contributed by atoms with Gasteiger partial charge in [-0.25, -0.2) is 0 Å². The van der Waals surface area contributed by atoms with Crippen LogP contribution in [0.25, 0.3) is 0 Å². The summed E-state index contributed by atoms with van der Waals surface area (Å²) in [5, 5.41) is 14.9. The molecule has 0 radical (unpaired) electrons. The first-order valence-electron chi connectivity index (χ1n) is 5.83. The van der Waals surface area contributed by atoms with Crippen molar-refractivity contribution in [1.29, 1.82) is 0 Å². The quantitative estimate of drug-likeness (QED) is 0.799. The van der Waals surface area contributed by atoms with E-state index in [1.54, 1.807) is 25.3 Å². The molecule has 0 saturated heterocycles. The Hall–Kier alpha value is -1.63. The minimum Gasteiger partial charge on any atom is -0.383 e. The zero-order valence-corrected chi connectivity index (χ0v) is 12.2. The molecule has 0 saturated carbocycles. The van der Waals surface area contributed by atoms with Gasteiger partial charge >= 0.3 is 0 Å². The highest BCUT2D eigenvalue weighted by atomic mass is 35.5. The van der Waals surface area contributed by atoms with E-state index in [0.717, 1.165) is 0 Å². The Kier molecular flexibility index (Phi) is 5.34. The number of nitrogens with one attached hydrogen (secondary N) is 2. The van der Waals surface area contributed by atoms with Crippen molar-refractivity contribution in [2.45, 2.75) is 0 Å². The summed E-state index contributed by atoms with van der Waals surface area (Å²) in [6.07, 6.45) is 1.50. The van der Waals surface area contributed by atoms with Gasteiger partial charge in [-0.05, 0) is 18.2 Å². The molecule has 0 bridgehead atoms. The molecule has 0 aliphatic carbocycles. The third-order valence-electron chi connectivity index (χ3n) is 2.34. The van der Waals surface area contributed by atoms with E-state index >= 15 is 0 Å². The molecule has 20 heavy (non-hydrogen) atoms. The molecular weight excluding hydrogens is 301 g/mol. The number of anilines is 3. The summed E-state index contributed by atoms with van der Waals surface area (Å²) in [6, 6.07) is 5.13. The smallest absolute Gasteiger partial charge is 0.244 e. The monoisotopic (exact) mass is 313 g/mol. The number of ether oxygens (including phenoxy) is 1. The van der Waals surface area contributed by atoms with Gasteiger partial charge in [0, 0.05) is 18.7 Å². The number of halogens is 2. The molecular formula is C12H13Cl2N5O. The number of hydrogen-bond acceptors (Lipinski definition) is 6. The van der Waals surface area contributed by atoms with Crippen molar-refractivity contribution in [3.05, 3.63) is 34.4 Å². The van der Waals surface area contributed by atoms with Crippen LogP contribution in [0, 0.1) is 0 Å². The zero-order chi connectivity index (χ0) is 14.4. The summed E-state index contributed by atoms with van der Waals surface area (Å²) in [7, 11) is 1.62. The van der Waals surface area contributed by atoms with Gasteiger partial charge < -0.3 is 15.4 Å². The summed E-state index contributed by atoms with van der Waals surface area (Å²) in [5.41, 5.74) is 0.655. The molecule has 106 valence electrons. The third-order valence-corrected chi connectivity index (χ3v) is 2.90. The number of benzene rings is 1. The van der Waals surface area contributed by atoms with E-state index in [9.17, 15) is 0 Å². The molecule has 2 aromatic rings. The predicted octanol–water partition coefficient (Wildman–Crippen LogP) is 2.98. The topological polar surface area (TPSA) is 72.0 Å². The van der Waals surface area contributed by atoms with Crippen molar-refractivity contribution in [1.82, 2.24) is 15.2 Å². The second kappa shape index (κ2) is 7.23. The van der Waals surface area contributed by atoms with Crippen molar-refractivity contribution >= 4 is 40.7 Å². The van der Waals surface area contributed by atoms with Crippen LogP contribution in [0.5, 0.6) is 0 Å². The first-order valence-corrected chi connectivity index (χ1v) is 6.59. The number of nitrogens with zero attached hydrogens (tertiary/aromatic N) is 3. The van der Waals surface area contributed by atoms with E-state index < -0.39 is 0 Å². The highest BCUT2D eigenvalue weighted by molar-refractivity contribution is 6.35. The van der Waals surface area contributed by atoms with Crippen LogP contribution in [0.15, 0.2) is 24.4 Å². The molecule has 1 aromatic carbocycles. The minimum atomic E-state index is 0.408. The summed E-state index contributed by atoms with van der Waals surface area (Å²) in [6.45, 7) is 1.15. The molecule has 0 aliphatic heterocycles. The van der Waals surface area contributed by atoms with E-state index in [1.165, 1.54) is 6.20 Å². The van der Waals surface area contributed by atoms with Crippen LogP contribution >= 0.6 is 23.2 Å². The van der Waals surface area contributed by atoms with E-state index in [2.05, 4.69) is 25.8 Å². The van der Waals surface area contributed by atoms with Crippen LogP contribution in [0.4, 0.5) is 17.5 Å². The Morgan fingerprint density at radius 1 is 1.30 bits per heavy atom. The van der Waals surface area contributed by atoms with Gasteiger partial charge in [-0.15, -0.1) is 5.10 Å². The van der Waals surface area contributed by atoms with Crippen molar-refractivity contribution in [3.63, 3.8) is 0 Å². The summed E-state index contributed by atoms with van der Waals surface area (Å²) >= 11 is 12.0. The normalized spacial score (nSPS) is 10.3. The molecule has 0 unspecified atom stereocenters.